The summed E-state index contributed by atoms with van der Waals surface area (Å²) < 4.78 is 12.2. The highest BCUT2D eigenvalue weighted by atomic mass is 16.6. The van der Waals surface area contributed by atoms with E-state index in [0.717, 1.165) is 82.6 Å². The molecular formula is C43H66O7. The highest BCUT2D eigenvalue weighted by Crippen LogP contribution is 2.83. The minimum absolute atomic E-state index is 0.0538. The smallest absolute Gasteiger partial charge is 0.309 e. The summed E-state index contributed by atoms with van der Waals surface area (Å²) in [5, 5.41) is 47.5. The fraction of sp³-hybridized carbons (Fsp3) is 0.837. The maximum Gasteiger partial charge on any atom is 0.309 e. The van der Waals surface area contributed by atoms with Crippen molar-refractivity contribution in [1.29, 1.82) is 0 Å². The monoisotopic (exact) mass is 694 g/mol. The summed E-state index contributed by atoms with van der Waals surface area (Å²) in [7, 11) is 1.72. The number of aliphatic carboxylic acids is 1. The van der Waals surface area contributed by atoms with Gasteiger partial charge in [-0.3, -0.25) is 4.79 Å². The normalized spacial score (nSPS) is 50.9. The molecule has 1 heterocycles. The van der Waals surface area contributed by atoms with Crippen molar-refractivity contribution in [2.75, 3.05) is 20.3 Å². The molecule has 5 aliphatic carbocycles. The van der Waals surface area contributed by atoms with Gasteiger partial charge in [-0.25, -0.2) is 0 Å². The number of hydrogen-bond acceptors (Lipinski definition) is 6. The topological polar surface area (TPSA) is 116 Å². The van der Waals surface area contributed by atoms with E-state index in [1.165, 1.54) is 5.56 Å². The molecule has 1 saturated heterocycles. The minimum Gasteiger partial charge on any atom is -0.481 e. The molecule has 0 aromatic heterocycles. The van der Waals surface area contributed by atoms with E-state index < -0.39 is 39.5 Å². The Hall–Kier alpha value is -1.51. The molecule has 0 radical (unpaired) electrons. The number of carboxylic acid groups (broad SMARTS) is 1. The first-order valence-corrected chi connectivity index (χ1v) is 20.0. The number of methoxy groups -OCH3 is 1. The lowest BCUT2D eigenvalue weighted by Crippen LogP contribution is -2.77. The molecule has 2 bridgehead atoms. The molecule has 1 aliphatic heterocycles. The predicted molar refractivity (Wildman–Crippen MR) is 193 cm³/mol. The van der Waals surface area contributed by atoms with E-state index in [1.54, 1.807) is 7.11 Å². The third kappa shape index (κ3) is 4.54. The van der Waals surface area contributed by atoms with E-state index in [0.29, 0.717) is 18.9 Å². The fourth-order valence-electron chi connectivity index (χ4n) is 15.0. The molecule has 13 atom stereocenters. The predicted octanol–water partition coefficient (Wildman–Crippen LogP) is 7.57. The lowest BCUT2D eigenvalue weighted by atomic mass is 9.26. The molecule has 280 valence electrons. The molecule has 1 aromatic carbocycles. The van der Waals surface area contributed by atoms with E-state index >= 15 is 0 Å². The van der Waals surface area contributed by atoms with Gasteiger partial charge >= 0.3 is 5.97 Å². The van der Waals surface area contributed by atoms with E-state index in [2.05, 4.69) is 58.9 Å². The van der Waals surface area contributed by atoms with Crippen molar-refractivity contribution in [2.24, 2.45) is 55.7 Å². The Labute approximate surface area is 300 Å². The summed E-state index contributed by atoms with van der Waals surface area (Å²) in [6.45, 7) is 14.5. The second-order valence-electron chi connectivity index (χ2n) is 19.6. The van der Waals surface area contributed by atoms with Gasteiger partial charge in [-0.05, 0) is 129 Å². The maximum absolute atomic E-state index is 12.7. The molecule has 50 heavy (non-hydrogen) atoms. The van der Waals surface area contributed by atoms with Crippen LogP contribution < -0.4 is 0 Å². The third-order valence-corrected chi connectivity index (χ3v) is 18.0. The highest BCUT2D eigenvalue weighted by Gasteiger charge is 2.83. The number of carboxylic acids is 1. The Bertz CT molecular complexity index is 1460. The van der Waals surface area contributed by atoms with Crippen LogP contribution in [0.5, 0.6) is 0 Å². The standard InChI is InChI=1S/C43H66O7/c1-8-9-31-41-16-14-30-38(4)20-19-36(2)17-18-37(3,35(46)47)25-32(36)39(38,5)21-22-40(30,6)42(41,27-44)33(45)26-43(31,48)50-34(41)24-29-12-10-28(11-13-29)15-23-49-7/h10-13,30-34,44-45,48H,8-9,14-27H2,1-7H3,(H,46,47). The molecule has 0 amide bonds. The van der Waals surface area contributed by atoms with Gasteiger partial charge in [0.2, 0.25) is 0 Å². The van der Waals surface area contributed by atoms with Crippen LogP contribution in [-0.4, -0.2) is 64.7 Å². The van der Waals surface area contributed by atoms with Crippen LogP contribution in [0.25, 0.3) is 0 Å². The second kappa shape index (κ2) is 12.0. The van der Waals surface area contributed by atoms with E-state index in [-0.39, 0.29) is 47.2 Å². The molecule has 13 unspecified atom stereocenters. The first kappa shape index (κ1) is 36.8. The van der Waals surface area contributed by atoms with Crippen molar-refractivity contribution in [3.8, 4) is 0 Å². The van der Waals surface area contributed by atoms with Gasteiger partial charge in [0, 0.05) is 30.3 Å². The Balaban J connectivity index is 1.32. The summed E-state index contributed by atoms with van der Waals surface area (Å²) in [6, 6.07) is 8.69. The fourth-order valence-corrected chi connectivity index (χ4v) is 15.0. The van der Waals surface area contributed by atoms with Crippen molar-refractivity contribution < 1.29 is 34.7 Å². The average molecular weight is 695 g/mol. The number of aliphatic hydroxyl groups excluding tert-OH is 2. The first-order chi connectivity index (χ1) is 23.5. The zero-order valence-electron chi connectivity index (χ0n) is 32.0. The third-order valence-electron chi connectivity index (χ3n) is 18.0. The molecule has 4 N–H and O–H groups in total. The summed E-state index contributed by atoms with van der Waals surface area (Å²) in [5.41, 5.74) is -0.173. The van der Waals surface area contributed by atoms with Crippen molar-refractivity contribution in [3.63, 3.8) is 0 Å². The van der Waals surface area contributed by atoms with Crippen LogP contribution in [0.15, 0.2) is 24.3 Å². The largest absolute Gasteiger partial charge is 0.481 e. The lowest BCUT2D eigenvalue weighted by Gasteiger charge is -2.78. The molecule has 7 heteroatoms. The van der Waals surface area contributed by atoms with Crippen molar-refractivity contribution in [3.05, 3.63) is 35.4 Å². The zero-order chi connectivity index (χ0) is 36.2. The molecule has 6 aliphatic rings. The first-order valence-electron chi connectivity index (χ1n) is 20.0. The zero-order valence-corrected chi connectivity index (χ0v) is 32.0. The van der Waals surface area contributed by atoms with E-state index in [4.69, 9.17) is 9.47 Å². The molecule has 1 aromatic rings. The van der Waals surface area contributed by atoms with Gasteiger partial charge in [0.05, 0.1) is 30.8 Å². The summed E-state index contributed by atoms with van der Waals surface area (Å²) in [6.07, 6.45) is 10.3. The number of benzene rings is 1. The molecule has 6 fully saturated rings. The molecule has 1 spiro atoms. The van der Waals surface area contributed by atoms with Gasteiger partial charge in [-0.1, -0.05) is 65.3 Å². The number of fused-ring (bicyclic) bond motifs is 7. The number of carbonyl (C=O) groups is 1. The SMILES string of the molecule is CCCC1C2(O)CC(O)C3(CO)C4(C)CCC5(C)C6CC(C)(C(=O)O)CCC6(C)CCC5(C)C4CCC13C(Cc1ccc(CCOC)cc1)O2. The van der Waals surface area contributed by atoms with Gasteiger partial charge in [0.25, 0.3) is 0 Å². The van der Waals surface area contributed by atoms with E-state index in [9.17, 15) is 25.2 Å². The molecule has 7 rings (SSSR count). The number of rotatable bonds is 9. The second-order valence-corrected chi connectivity index (χ2v) is 19.6. The van der Waals surface area contributed by atoms with E-state index in [1.807, 2.05) is 6.92 Å². The average Bonchev–Trinajstić information content (AvgIpc) is 3.24. The van der Waals surface area contributed by atoms with Crippen LogP contribution in [0.2, 0.25) is 0 Å². The van der Waals surface area contributed by atoms with Gasteiger partial charge in [-0.15, -0.1) is 0 Å². The van der Waals surface area contributed by atoms with Crippen LogP contribution >= 0.6 is 0 Å². The Morgan fingerprint density at radius 2 is 1.50 bits per heavy atom. The summed E-state index contributed by atoms with van der Waals surface area (Å²) in [5.74, 6) is -1.71. The summed E-state index contributed by atoms with van der Waals surface area (Å²) in [4.78, 5) is 12.7. The Morgan fingerprint density at radius 1 is 0.880 bits per heavy atom. The molecular weight excluding hydrogens is 628 g/mol. The minimum atomic E-state index is -1.43. The van der Waals surface area contributed by atoms with Crippen molar-refractivity contribution in [2.45, 2.75) is 149 Å². The highest BCUT2D eigenvalue weighted by molar-refractivity contribution is 5.74. The maximum atomic E-state index is 12.7. The van der Waals surface area contributed by atoms with Gasteiger partial charge < -0.3 is 29.9 Å². The van der Waals surface area contributed by atoms with Gasteiger partial charge in [0.1, 0.15) is 0 Å². The van der Waals surface area contributed by atoms with Crippen LogP contribution in [0.1, 0.15) is 130 Å². The van der Waals surface area contributed by atoms with Crippen LogP contribution in [-0.2, 0) is 27.1 Å². The lowest BCUT2D eigenvalue weighted by molar-refractivity contribution is -0.336. The summed E-state index contributed by atoms with van der Waals surface area (Å²) >= 11 is 0. The van der Waals surface area contributed by atoms with Gasteiger partial charge in [0.15, 0.2) is 5.79 Å². The molecule has 5 saturated carbocycles. The van der Waals surface area contributed by atoms with Crippen LogP contribution in [0.3, 0.4) is 0 Å². The van der Waals surface area contributed by atoms with Gasteiger partial charge in [-0.2, -0.15) is 0 Å². The number of hydrogen-bond donors (Lipinski definition) is 4. The van der Waals surface area contributed by atoms with Crippen molar-refractivity contribution >= 4 is 5.97 Å². The Morgan fingerprint density at radius 3 is 2.14 bits per heavy atom. The van der Waals surface area contributed by atoms with Crippen LogP contribution in [0.4, 0.5) is 0 Å². The number of ether oxygens (including phenoxy) is 2. The van der Waals surface area contributed by atoms with Crippen molar-refractivity contribution in [1.82, 2.24) is 0 Å². The van der Waals surface area contributed by atoms with Crippen LogP contribution in [0, 0.1) is 55.7 Å². The quantitative estimate of drug-likeness (QED) is 0.211. The Kier molecular flexibility index (Phi) is 8.84. The number of aliphatic hydroxyl groups is 3. The molecule has 7 nitrogen and oxygen atoms in total.